The minimum absolute atomic E-state index is 0.612. The highest BCUT2D eigenvalue weighted by Crippen LogP contribution is 2.24. The van der Waals surface area contributed by atoms with Crippen LogP contribution in [0.2, 0.25) is 0 Å². The number of aromatic amines is 1. The van der Waals surface area contributed by atoms with Crippen LogP contribution in [-0.2, 0) is 0 Å². The number of fused-ring (bicyclic) bond motifs is 1. The fourth-order valence-corrected chi connectivity index (χ4v) is 2.02. The third-order valence-corrected chi connectivity index (χ3v) is 3.05. The minimum atomic E-state index is 0.612. The van der Waals surface area contributed by atoms with E-state index in [-0.39, 0.29) is 0 Å². The molecule has 1 atom stereocenters. The van der Waals surface area contributed by atoms with Gasteiger partial charge in [-0.05, 0) is 36.5 Å². The Labute approximate surface area is 90.7 Å². The molecule has 2 aromatic heterocycles. The molecule has 2 rings (SSSR count). The first-order chi connectivity index (χ1) is 7.22. The third-order valence-electron chi connectivity index (χ3n) is 3.05. The van der Waals surface area contributed by atoms with Crippen molar-refractivity contribution in [2.75, 3.05) is 0 Å². The van der Waals surface area contributed by atoms with E-state index in [4.69, 9.17) is 0 Å². The molecule has 0 fully saturated rings. The first kappa shape index (κ1) is 10.2. The highest BCUT2D eigenvalue weighted by atomic mass is 14.8. The Balaban J connectivity index is 2.41. The first-order valence-corrected chi connectivity index (χ1v) is 5.66. The van der Waals surface area contributed by atoms with Crippen molar-refractivity contribution in [3.05, 3.63) is 29.6 Å². The van der Waals surface area contributed by atoms with Gasteiger partial charge in [-0.1, -0.05) is 20.3 Å². The van der Waals surface area contributed by atoms with E-state index in [1.54, 1.807) is 0 Å². The molecule has 2 nitrogen and oxygen atoms in total. The monoisotopic (exact) mass is 202 g/mol. The van der Waals surface area contributed by atoms with Gasteiger partial charge in [-0.2, -0.15) is 0 Å². The van der Waals surface area contributed by atoms with Gasteiger partial charge in [0.1, 0.15) is 5.65 Å². The van der Waals surface area contributed by atoms with Crippen LogP contribution >= 0.6 is 0 Å². The molecule has 0 bridgehead atoms. The van der Waals surface area contributed by atoms with Crippen molar-refractivity contribution in [3.8, 4) is 0 Å². The second-order valence-corrected chi connectivity index (χ2v) is 4.33. The summed E-state index contributed by atoms with van der Waals surface area (Å²) < 4.78 is 0. The maximum absolute atomic E-state index is 4.45. The largest absolute Gasteiger partial charge is 0.346 e. The number of rotatable bonds is 3. The molecule has 0 saturated carbocycles. The topological polar surface area (TPSA) is 28.7 Å². The lowest BCUT2D eigenvalue weighted by atomic mass is 9.97. The molecule has 2 heteroatoms. The Bertz CT molecular complexity index is 457. The molecular weight excluding hydrogens is 184 g/mol. The average Bonchev–Trinajstić information content (AvgIpc) is 2.60. The van der Waals surface area contributed by atoms with Gasteiger partial charge >= 0.3 is 0 Å². The average molecular weight is 202 g/mol. The van der Waals surface area contributed by atoms with Crippen LogP contribution in [0.5, 0.6) is 0 Å². The Morgan fingerprint density at radius 1 is 1.47 bits per heavy atom. The van der Waals surface area contributed by atoms with E-state index in [2.05, 4.69) is 36.8 Å². The summed E-state index contributed by atoms with van der Waals surface area (Å²) in [7, 11) is 0. The number of nitrogens with one attached hydrogen (secondary N) is 1. The van der Waals surface area contributed by atoms with Gasteiger partial charge in [-0.3, -0.25) is 0 Å². The molecule has 0 saturated heterocycles. The number of hydrogen-bond acceptors (Lipinski definition) is 1. The molecule has 2 heterocycles. The summed E-state index contributed by atoms with van der Waals surface area (Å²) in [6.45, 7) is 6.62. The molecule has 1 N–H and O–H groups in total. The quantitative estimate of drug-likeness (QED) is 0.806. The zero-order chi connectivity index (χ0) is 10.8. The molecule has 0 aliphatic rings. The Kier molecular flexibility index (Phi) is 2.76. The molecule has 0 radical (unpaired) electrons. The van der Waals surface area contributed by atoms with Gasteiger partial charge in [0.2, 0.25) is 0 Å². The molecule has 2 aromatic rings. The standard InChI is InChI=1S/C13H18N2/c1-4-5-9(2)11-6-12-10(3)7-14-13(12)15-8-11/h6-9H,4-5H2,1-3H3,(H,14,15). The summed E-state index contributed by atoms with van der Waals surface area (Å²) in [5.41, 5.74) is 3.63. The predicted octanol–water partition coefficient (Wildman–Crippen LogP) is 3.77. The fourth-order valence-electron chi connectivity index (χ4n) is 2.02. The van der Waals surface area contributed by atoms with Gasteiger partial charge < -0.3 is 4.98 Å². The molecule has 0 amide bonds. The first-order valence-electron chi connectivity index (χ1n) is 5.66. The van der Waals surface area contributed by atoms with Crippen molar-refractivity contribution in [2.24, 2.45) is 0 Å². The van der Waals surface area contributed by atoms with Gasteiger partial charge in [0, 0.05) is 17.8 Å². The van der Waals surface area contributed by atoms with Crippen LogP contribution < -0.4 is 0 Å². The lowest BCUT2D eigenvalue weighted by molar-refractivity contribution is 0.663. The summed E-state index contributed by atoms with van der Waals surface area (Å²) in [5.74, 6) is 0.612. The highest BCUT2D eigenvalue weighted by Gasteiger charge is 2.07. The molecule has 1 unspecified atom stereocenters. The van der Waals surface area contributed by atoms with Gasteiger partial charge in [0.25, 0.3) is 0 Å². The molecule has 0 spiro atoms. The van der Waals surface area contributed by atoms with E-state index in [9.17, 15) is 0 Å². The van der Waals surface area contributed by atoms with Crippen molar-refractivity contribution in [3.63, 3.8) is 0 Å². The van der Waals surface area contributed by atoms with Gasteiger partial charge in [0.15, 0.2) is 0 Å². The Morgan fingerprint density at radius 2 is 2.27 bits per heavy atom. The van der Waals surface area contributed by atoms with Gasteiger partial charge in [-0.15, -0.1) is 0 Å². The highest BCUT2D eigenvalue weighted by molar-refractivity contribution is 5.79. The number of pyridine rings is 1. The van der Waals surface area contributed by atoms with Crippen LogP contribution in [0.3, 0.4) is 0 Å². The predicted molar refractivity (Wildman–Crippen MR) is 64.2 cm³/mol. The number of H-pyrrole nitrogens is 1. The minimum Gasteiger partial charge on any atom is -0.346 e. The van der Waals surface area contributed by atoms with Crippen LogP contribution in [0, 0.1) is 6.92 Å². The molecule has 80 valence electrons. The van der Waals surface area contributed by atoms with E-state index in [0.717, 1.165) is 5.65 Å². The van der Waals surface area contributed by atoms with Gasteiger partial charge in [-0.25, -0.2) is 4.98 Å². The molecule has 0 aromatic carbocycles. The lowest BCUT2D eigenvalue weighted by Crippen LogP contribution is -1.94. The molecule has 0 aliphatic heterocycles. The molecule has 15 heavy (non-hydrogen) atoms. The summed E-state index contributed by atoms with van der Waals surface area (Å²) in [6.07, 6.45) is 6.48. The van der Waals surface area contributed by atoms with Crippen LogP contribution in [0.4, 0.5) is 0 Å². The molecular formula is C13H18N2. The van der Waals surface area contributed by atoms with Crippen molar-refractivity contribution < 1.29 is 0 Å². The van der Waals surface area contributed by atoms with Crippen LogP contribution in [0.15, 0.2) is 18.5 Å². The SMILES string of the molecule is CCCC(C)c1cnc2[nH]cc(C)c2c1. The lowest BCUT2D eigenvalue weighted by Gasteiger charge is -2.09. The van der Waals surface area contributed by atoms with Gasteiger partial charge in [0.05, 0.1) is 0 Å². The smallest absolute Gasteiger partial charge is 0.137 e. The number of aryl methyl sites for hydroxylation is 1. The third kappa shape index (κ3) is 1.89. The normalized spacial score (nSPS) is 13.3. The zero-order valence-electron chi connectivity index (χ0n) is 9.67. The van der Waals surface area contributed by atoms with E-state index in [1.165, 1.54) is 29.4 Å². The van der Waals surface area contributed by atoms with E-state index in [1.807, 2.05) is 12.4 Å². The number of hydrogen-bond donors (Lipinski definition) is 1. The molecule has 0 aliphatic carbocycles. The van der Waals surface area contributed by atoms with E-state index >= 15 is 0 Å². The van der Waals surface area contributed by atoms with Crippen molar-refractivity contribution in [1.82, 2.24) is 9.97 Å². The summed E-state index contributed by atoms with van der Waals surface area (Å²) >= 11 is 0. The summed E-state index contributed by atoms with van der Waals surface area (Å²) in [6, 6.07) is 2.27. The Hall–Kier alpha value is -1.31. The van der Waals surface area contributed by atoms with Crippen LogP contribution in [0.1, 0.15) is 43.7 Å². The zero-order valence-corrected chi connectivity index (χ0v) is 9.67. The summed E-state index contributed by atoms with van der Waals surface area (Å²) in [4.78, 5) is 7.62. The van der Waals surface area contributed by atoms with Crippen molar-refractivity contribution in [1.29, 1.82) is 0 Å². The Morgan fingerprint density at radius 3 is 3.00 bits per heavy atom. The fraction of sp³-hybridized carbons (Fsp3) is 0.462. The van der Waals surface area contributed by atoms with E-state index in [0.29, 0.717) is 5.92 Å². The second-order valence-electron chi connectivity index (χ2n) is 4.33. The maximum Gasteiger partial charge on any atom is 0.137 e. The summed E-state index contributed by atoms with van der Waals surface area (Å²) in [5, 5.41) is 1.26. The number of nitrogens with zero attached hydrogens (tertiary/aromatic N) is 1. The second kappa shape index (κ2) is 4.05. The van der Waals surface area contributed by atoms with Crippen LogP contribution in [0.25, 0.3) is 11.0 Å². The van der Waals surface area contributed by atoms with Crippen LogP contribution in [-0.4, -0.2) is 9.97 Å². The van der Waals surface area contributed by atoms with Crippen molar-refractivity contribution in [2.45, 2.75) is 39.5 Å². The number of aromatic nitrogens is 2. The van der Waals surface area contributed by atoms with Crippen molar-refractivity contribution >= 4 is 11.0 Å². The van der Waals surface area contributed by atoms with E-state index < -0.39 is 0 Å². The maximum atomic E-state index is 4.45.